The molecule has 0 bridgehead atoms. The number of nitrogens with one attached hydrogen (secondary N) is 1. The number of anilines is 2. The number of aromatic nitrogens is 4. The fourth-order valence-electron chi connectivity index (χ4n) is 5.02. The molecule has 1 aliphatic rings. The fourth-order valence-corrected chi connectivity index (χ4v) is 5.17. The molecule has 204 valence electrons. The molecule has 0 unspecified atom stereocenters. The highest BCUT2D eigenvalue weighted by Crippen LogP contribution is 2.40. The van der Waals surface area contributed by atoms with Gasteiger partial charge in [0.25, 0.3) is 5.78 Å². The van der Waals surface area contributed by atoms with Crippen molar-refractivity contribution >= 4 is 40.6 Å². The minimum Gasteiger partial charge on any atom is -0.481 e. The molecule has 1 aromatic carbocycles. The van der Waals surface area contributed by atoms with Crippen LogP contribution in [0.3, 0.4) is 0 Å². The molecule has 1 atom stereocenters. The molecule has 0 radical (unpaired) electrons. The molecule has 2 N–H and O–H groups in total. The van der Waals surface area contributed by atoms with Gasteiger partial charge in [0.05, 0.1) is 23.5 Å². The van der Waals surface area contributed by atoms with Crippen molar-refractivity contribution < 1.29 is 27.9 Å². The van der Waals surface area contributed by atoms with Gasteiger partial charge in [-0.05, 0) is 60.9 Å². The van der Waals surface area contributed by atoms with E-state index in [1.807, 2.05) is 13.8 Å². The number of carbonyl (C=O) groups is 2. The summed E-state index contributed by atoms with van der Waals surface area (Å²) >= 11 is 5.93. The number of carboxylic acids is 1. The first kappa shape index (κ1) is 27.6. The molecule has 0 spiro atoms. The van der Waals surface area contributed by atoms with Crippen LogP contribution in [-0.4, -0.2) is 54.7 Å². The summed E-state index contributed by atoms with van der Waals surface area (Å²) in [6.45, 7) is 3.90. The first-order chi connectivity index (χ1) is 17.9. The van der Waals surface area contributed by atoms with Crippen LogP contribution in [0.4, 0.5) is 24.5 Å². The number of amides is 1. The maximum Gasteiger partial charge on any atom is 0.413 e. The molecule has 0 saturated heterocycles. The summed E-state index contributed by atoms with van der Waals surface area (Å²) in [6, 6.07) is 3.54. The highest BCUT2D eigenvalue weighted by atomic mass is 35.5. The summed E-state index contributed by atoms with van der Waals surface area (Å²) < 4.78 is 44.0. The SMILES string of the molecule is CC(C)c1c(Nc2ccc([C@H](N(C)C(=O)C3CCC(C(=O)O)CC3)C(F)(F)F)cc2)cnc2nc(Cl)nn12. The highest BCUT2D eigenvalue weighted by molar-refractivity contribution is 6.28. The largest absolute Gasteiger partial charge is 0.481 e. The summed E-state index contributed by atoms with van der Waals surface area (Å²) in [5, 5.41) is 16.5. The third kappa shape index (κ3) is 5.69. The molecule has 9 nitrogen and oxygen atoms in total. The average molecular weight is 553 g/mol. The van der Waals surface area contributed by atoms with Gasteiger partial charge in [-0.25, -0.2) is 4.98 Å². The topological polar surface area (TPSA) is 113 Å². The van der Waals surface area contributed by atoms with Gasteiger partial charge in [-0.15, -0.1) is 5.10 Å². The van der Waals surface area contributed by atoms with E-state index in [2.05, 4.69) is 20.4 Å². The number of halogens is 4. The molecule has 2 aromatic heterocycles. The minimum absolute atomic E-state index is 0.000114. The van der Waals surface area contributed by atoms with Gasteiger partial charge in [0, 0.05) is 18.7 Å². The lowest BCUT2D eigenvalue weighted by atomic mass is 9.81. The van der Waals surface area contributed by atoms with E-state index in [9.17, 15) is 22.8 Å². The van der Waals surface area contributed by atoms with Gasteiger partial charge in [-0.3, -0.25) is 9.59 Å². The van der Waals surface area contributed by atoms with Gasteiger partial charge >= 0.3 is 12.1 Å². The molecule has 1 saturated carbocycles. The number of hydrogen-bond donors (Lipinski definition) is 2. The van der Waals surface area contributed by atoms with Gasteiger partial charge < -0.3 is 15.3 Å². The number of benzene rings is 1. The van der Waals surface area contributed by atoms with E-state index in [0.29, 0.717) is 17.2 Å². The maximum absolute atomic E-state index is 14.2. The molecule has 2 heterocycles. The Kier molecular flexibility index (Phi) is 7.82. The Morgan fingerprint density at radius 2 is 1.74 bits per heavy atom. The van der Waals surface area contributed by atoms with Crippen molar-refractivity contribution in [2.75, 3.05) is 12.4 Å². The Morgan fingerprint density at radius 3 is 2.29 bits per heavy atom. The van der Waals surface area contributed by atoms with Gasteiger partial charge in [0.15, 0.2) is 6.04 Å². The highest BCUT2D eigenvalue weighted by Gasteiger charge is 2.46. The molecule has 1 aliphatic carbocycles. The monoisotopic (exact) mass is 552 g/mol. The minimum atomic E-state index is -4.70. The molecule has 13 heteroatoms. The van der Waals surface area contributed by atoms with Crippen LogP contribution in [0.25, 0.3) is 5.78 Å². The number of aliphatic carboxylic acids is 1. The quantitative estimate of drug-likeness (QED) is 0.392. The second-order valence-electron chi connectivity index (χ2n) is 9.83. The first-order valence-corrected chi connectivity index (χ1v) is 12.6. The predicted octanol–water partition coefficient (Wildman–Crippen LogP) is 5.60. The summed E-state index contributed by atoms with van der Waals surface area (Å²) in [5.74, 6) is -2.44. The number of hydrogen-bond acceptors (Lipinski definition) is 6. The zero-order valence-electron chi connectivity index (χ0n) is 21.0. The van der Waals surface area contributed by atoms with Crippen molar-refractivity contribution in [2.24, 2.45) is 11.8 Å². The van der Waals surface area contributed by atoms with Gasteiger partial charge in [0.2, 0.25) is 11.2 Å². The maximum atomic E-state index is 14.2. The Bertz CT molecular complexity index is 1320. The van der Waals surface area contributed by atoms with Crippen molar-refractivity contribution in [1.82, 2.24) is 24.5 Å². The third-order valence-electron chi connectivity index (χ3n) is 6.90. The van der Waals surface area contributed by atoms with E-state index < -0.39 is 35.9 Å². The Morgan fingerprint density at radius 1 is 1.13 bits per heavy atom. The third-order valence-corrected chi connectivity index (χ3v) is 7.06. The van der Waals surface area contributed by atoms with E-state index in [1.165, 1.54) is 28.8 Å². The summed E-state index contributed by atoms with van der Waals surface area (Å²) in [7, 11) is 1.15. The Labute approximate surface area is 222 Å². The first-order valence-electron chi connectivity index (χ1n) is 12.2. The number of nitrogens with zero attached hydrogens (tertiary/aromatic N) is 5. The molecule has 1 fully saturated rings. The fraction of sp³-hybridized carbons (Fsp3) is 0.480. The van der Waals surface area contributed by atoms with Crippen LogP contribution in [-0.2, 0) is 9.59 Å². The Hall–Kier alpha value is -3.41. The van der Waals surface area contributed by atoms with Crippen LogP contribution in [0.15, 0.2) is 30.5 Å². The van der Waals surface area contributed by atoms with Crippen molar-refractivity contribution in [3.8, 4) is 0 Å². The van der Waals surface area contributed by atoms with E-state index >= 15 is 0 Å². The molecule has 38 heavy (non-hydrogen) atoms. The van der Waals surface area contributed by atoms with Crippen molar-refractivity contribution in [2.45, 2.75) is 57.7 Å². The Balaban J connectivity index is 1.55. The molecule has 0 aliphatic heterocycles. The van der Waals surface area contributed by atoms with E-state index in [0.717, 1.165) is 17.6 Å². The lowest BCUT2D eigenvalue weighted by Crippen LogP contribution is -2.43. The van der Waals surface area contributed by atoms with Crippen molar-refractivity contribution in [1.29, 1.82) is 0 Å². The normalized spacial score (nSPS) is 18.9. The summed E-state index contributed by atoms with van der Waals surface area (Å²) in [6.07, 6.45) is -2.09. The van der Waals surface area contributed by atoms with Gasteiger partial charge in [-0.2, -0.15) is 22.7 Å². The van der Waals surface area contributed by atoms with Gasteiger partial charge in [-0.1, -0.05) is 26.0 Å². The number of rotatable bonds is 7. The smallest absolute Gasteiger partial charge is 0.413 e. The zero-order valence-corrected chi connectivity index (χ0v) is 21.8. The predicted molar refractivity (Wildman–Crippen MR) is 134 cm³/mol. The number of carboxylic acid groups (broad SMARTS) is 1. The number of alkyl halides is 3. The van der Waals surface area contributed by atoms with Crippen LogP contribution in [0, 0.1) is 11.8 Å². The number of carbonyl (C=O) groups excluding carboxylic acids is 1. The van der Waals surface area contributed by atoms with Crippen LogP contribution in [0.5, 0.6) is 0 Å². The standard InChI is InChI=1S/C25H28ClF3N6O3/c1-13(2)19-18(12-30-24-32-23(26)33-35(19)24)31-17-10-8-14(9-11-17)20(25(27,28)29)34(3)21(36)15-4-6-16(7-5-15)22(37)38/h8-13,15-16,20,31H,4-7H2,1-3H3,(H,37,38)/t15?,16?,20-/m0/s1. The second kappa shape index (κ2) is 10.8. The summed E-state index contributed by atoms with van der Waals surface area (Å²) in [5.41, 5.74) is 1.77. The van der Waals surface area contributed by atoms with Crippen LogP contribution in [0.1, 0.15) is 62.7 Å². The van der Waals surface area contributed by atoms with Gasteiger partial charge in [0.1, 0.15) is 0 Å². The zero-order chi connectivity index (χ0) is 27.8. The van der Waals surface area contributed by atoms with Crippen molar-refractivity contribution in [3.05, 3.63) is 47.0 Å². The molecular formula is C25H28ClF3N6O3. The van der Waals surface area contributed by atoms with Crippen LogP contribution >= 0.6 is 11.6 Å². The van der Waals surface area contributed by atoms with Crippen LogP contribution in [0.2, 0.25) is 5.28 Å². The molecule has 3 aromatic rings. The van der Waals surface area contributed by atoms with E-state index in [1.54, 1.807) is 6.20 Å². The number of fused-ring (bicyclic) bond motifs is 1. The van der Waals surface area contributed by atoms with E-state index in [4.69, 9.17) is 16.7 Å². The average Bonchev–Trinajstić information content (AvgIpc) is 3.23. The second-order valence-corrected chi connectivity index (χ2v) is 10.2. The lowest BCUT2D eigenvalue weighted by Gasteiger charge is -2.35. The molecule has 1 amide bonds. The molecular weight excluding hydrogens is 525 g/mol. The lowest BCUT2D eigenvalue weighted by molar-refractivity contribution is -0.191. The van der Waals surface area contributed by atoms with E-state index in [-0.39, 0.29) is 42.4 Å². The molecule has 4 rings (SSSR count). The van der Waals surface area contributed by atoms with Crippen molar-refractivity contribution in [3.63, 3.8) is 0 Å². The summed E-state index contributed by atoms with van der Waals surface area (Å²) in [4.78, 5) is 33.2. The van der Waals surface area contributed by atoms with Crippen LogP contribution < -0.4 is 5.32 Å².